The Morgan fingerprint density at radius 2 is 2.10 bits per heavy atom. The molecule has 0 radical (unpaired) electrons. The van der Waals surface area contributed by atoms with Gasteiger partial charge in [-0.3, -0.25) is 14.9 Å². The summed E-state index contributed by atoms with van der Waals surface area (Å²) in [7, 11) is 0. The Morgan fingerprint density at radius 3 is 2.75 bits per heavy atom. The standard InChI is InChI=1S/C10H5Cl2N5O3/c11-7-3-5(6(4-14-7)17(19)20)9(18)15-8-1-2-13-10(12)16-8/h1-4H,(H,13,15,16,18). The molecular weight excluding hydrogens is 309 g/mol. The fourth-order valence-corrected chi connectivity index (χ4v) is 1.64. The number of nitrogens with one attached hydrogen (secondary N) is 1. The highest BCUT2D eigenvalue weighted by Gasteiger charge is 2.21. The lowest BCUT2D eigenvalue weighted by Gasteiger charge is -2.05. The van der Waals surface area contributed by atoms with E-state index in [1.54, 1.807) is 0 Å². The molecule has 20 heavy (non-hydrogen) atoms. The van der Waals surface area contributed by atoms with Crippen LogP contribution in [0.2, 0.25) is 10.4 Å². The first kappa shape index (κ1) is 14.1. The number of carbonyl (C=O) groups is 1. The maximum absolute atomic E-state index is 12.0. The molecule has 0 aliphatic carbocycles. The summed E-state index contributed by atoms with van der Waals surface area (Å²) < 4.78 is 0. The van der Waals surface area contributed by atoms with E-state index in [0.717, 1.165) is 12.3 Å². The minimum Gasteiger partial charge on any atom is -0.306 e. The number of nitrogens with zero attached hydrogens (tertiary/aromatic N) is 4. The van der Waals surface area contributed by atoms with Gasteiger partial charge in [-0.05, 0) is 23.7 Å². The van der Waals surface area contributed by atoms with Crippen LogP contribution in [-0.2, 0) is 0 Å². The van der Waals surface area contributed by atoms with Gasteiger partial charge in [0.25, 0.3) is 11.6 Å². The lowest BCUT2D eigenvalue weighted by molar-refractivity contribution is -0.385. The highest BCUT2D eigenvalue weighted by Crippen LogP contribution is 2.21. The molecule has 2 aromatic heterocycles. The third-order valence-corrected chi connectivity index (χ3v) is 2.55. The molecule has 0 saturated heterocycles. The molecule has 0 bridgehead atoms. The molecule has 0 aliphatic rings. The molecule has 2 heterocycles. The zero-order valence-corrected chi connectivity index (χ0v) is 11.1. The molecule has 8 nitrogen and oxygen atoms in total. The number of anilines is 1. The van der Waals surface area contributed by atoms with Crippen molar-refractivity contribution in [3.63, 3.8) is 0 Å². The second-order valence-corrected chi connectivity index (χ2v) is 4.17. The van der Waals surface area contributed by atoms with E-state index >= 15 is 0 Å². The third kappa shape index (κ3) is 3.16. The maximum Gasteiger partial charge on any atom is 0.300 e. The molecule has 0 aromatic carbocycles. The van der Waals surface area contributed by atoms with Gasteiger partial charge in [0.1, 0.15) is 22.7 Å². The summed E-state index contributed by atoms with van der Waals surface area (Å²) in [6.07, 6.45) is 2.24. The Kier molecular flexibility index (Phi) is 4.06. The van der Waals surface area contributed by atoms with E-state index in [1.165, 1.54) is 12.3 Å². The van der Waals surface area contributed by atoms with Crippen molar-refractivity contribution in [2.75, 3.05) is 5.32 Å². The van der Waals surface area contributed by atoms with Crippen molar-refractivity contribution in [3.05, 3.63) is 50.6 Å². The average Bonchev–Trinajstić information content (AvgIpc) is 2.38. The van der Waals surface area contributed by atoms with Crippen LogP contribution < -0.4 is 5.32 Å². The minimum absolute atomic E-state index is 0.0403. The van der Waals surface area contributed by atoms with E-state index in [9.17, 15) is 14.9 Å². The Labute approximate surface area is 121 Å². The predicted molar refractivity (Wildman–Crippen MR) is 70.9 cm³/mol. The smallest absolute Gasteiger partial charge is 0.300 e. The van der Waals surface area contributed by atoms with Gasteiger partial charge in [-0.25, -0.2) is 15.0 Å². The number of aromatic nitrogens is 3. The quantitative estimate of drug-likeness (QED) is 0.403. The molecule has 1 N–H and O–H groups in total. The largest absolute Gasteiger partial charge is 0.306 e. The van der Waals surface area contributed by atoms with E-state index in [0.29, 0.717) is 0 Å². The van der Waals surface area contributed by atoms with Gasteiger partial charge >= 0.3 is 0 Å². The summed E-state index contributed by atoms with van der Waals surface area (Å²) in [5, 5.41) is 13.1. The van der Waals surface area contributed by atoms with Gasteiger partial charge in [0.05, 0.1) is 4.92 Å². The second kappa shape index (κ2) is 5.76. The number of pyridine rings is 1. The molecule has 0 spiro atoms. The number of rotatable bonds is 3. The van der Waals surface area contributed by atoms with Crippen LogP contribution in [-0.4, -0.2) is 25.8 Å². The first-order valence-electron chi connectivity index (χ1n) is 5.07. The van der Waals surface area contributed by atoms with Crippen LogP contribution in [0.3, 0.4) is 0 Å². The normalized spacial score (nSPS) is 10.1. The van der Waals surface area contributed by atoms with E-state index in [-0.39, 0.29) is 21.8 Å². The SMILES string of the molecule is O=C(Nc1ccnc(Cl)n1)c1cc(Cl)ncc1[N+](=O)[O-]. The van der Waals surface area contributed by atoms with Gasteiger partial charge in [-0.1, -0.05) is 11.6 Å². The Bertz CT molecular complexity index is 694. The van der Waals surface area contributed by atoms with Crippen LogP contribution in [0.4, 0.5) is 11.5 Å². The van der Waals surface area contributed by atoms with Crippen LogP contribution >= 0.6 is 23.2 Å². The lowest BCUT2D eigenvalue weighted by atomic mass is 10.2. The molecule has 0 fully saturated rings. The summed E-state index contributed by atoms with van der Waals surface area (Å²) in [6, 6.07) is 2.48. The van der Waals surface area contributed by atoms with Gasteiger partial charge in [0, 0.05) is 6.20 Å². The van der Waals surface area contributed by atoms with Gasteiger partial charge in [0.15, 0.2) is 0 Å². The topological polar surface area (TPSA) is 111 Å². The van der Waals surface area contributed by atoms with Crippen molar-refractivity contribution in [2.45, 2.75) is 0 Å². The van der Waals surface area contributed by atoms with Crippen molar-refractivity contribution < 1.29 is 9.72 Å². The molecular formula is C10H5Cl2N5O3. The summed E-state index contributed by atoms with van der Waals surface area (Å²) in [5.41, 5.74) is -0.697. The lowest BCUT2D eigenvalue weighted by Crippen LogP contribution is -2.15. The van der Waals surface area contributed by atoms with Crippen LogP contribution in [0.1, 0.15) is 10.4 Å². The summed E-state index contributed by atoms with van der Waals surface area (Å²) in [6.45, 7) is 0. The van der Waals surface area contributed by atoms with E-state index in [2.05, 4.69) is 20.3 Å². The van der Waals surface area contributed by atoms with E-state index in [4.69, 9.17) is 23.2 Å². The van der Waals surface area contributed by atoms with Crippen LogP contribution in [0.5, 0.6) is 0 Å². The monoisotopic (exact) mass is 313 g/mol. The minimum atomic E-state index is -0.754. The van der Waals surface area contributed by atoms with Crippen LogP contribution in [0.25, 0.3) is 0 Å². The van der Waals surface area contributed by atoms with Gasteiger partial charge in [-0.2, -0.15) is 0 Å². The van der Waals surface area contributed by atoms with Crippen molar-refractivity contribution in [2.24, 2.45) is 0 Å². The van der Waals surface area contributed by atoms with Gasteiger partial charge in [-0.15, -0.1) is 0 Å². The predicted octanol–water partition coefficient (Wildman–Crippen LogP) is 2.34. The summed E-state index contributed by atoms with van der Waals surface area (Å²) in [5.74, 6) is -0.645. The van der Waals surface area contributed by atoms with Gasteiger partial charge < -0.3 is 5.32 Å². The Morgan fingerprint density at radius 1 is 1.35 bits per heavy atom. The molecule has 0 atom stereocenters. The average molecular weight is 314 g/mol. The molecule has 0 aliphatic heterocycles. The highest BCUT2D eigenvalue weighted by molar-refractivity contribution is 6.30. The number of halogens is 2. The number of hydrogen-bond donors (Lipinski definition) is 1. The first-order chi connectivity index (χ1) is 9.47. The molecule has 2 rings (SSSR count). The molecule has 0 unspecified atom stereocenters. The van der Waals surface area contributed by atoms with Gasteiger partial charge in [0.2, 0.25) is 5.28 Å². The number of amides is 1. The zero-order chi connectivity index (χ0) is 14.7. The Balaban J connectivity index is 2.34. The van der Waals surface area contributed by atoms with Crippen molar-refractivity contribution in [1.82, 2.24) is 15.0 Å². The fraction of sp³-hybridized carbons (Fsp3) is 0. The van der Waals surface area contributed by atoms with Crippen molar-refractivity contribution in [1.29, 1.82) is 0 Å². The van der Waals surface area contributed by atoms with Crippen LogP contribution in [0, 0.1) is 10.1 Å². The van der Waals surface area contributed by atoms with Crippen molar-refractivity contribution in [3.8, 4) is 0 Å². The number of nitro groups is 1. The van der Waals surface area contributed by atoms with Crippen molar-refractivity contribution >= 4 is 40.6 Å². The summed E-state index contributed by atoms with van der Waals surface area (Å²) in [4.78, 5) is 33.1. The van der Waals surface area contributed by atoms with Crippen LogP contribution in [0.15, 0.2) is 24.5 Å². The molecule has 1 amide bonds. The molecule has 2 aromatic rings. The van der Waals surface area contributed by atoms with E-state index < -0.39 is 16.5 Å². The second-order valence-electron chi connectivity index (χ2n) is 3.45. The Hall–Kier alpha value is -2.32. The molecule has 10 heteroatoms. The third-order valence-electron chi connectivity index (χ3n) is 2.16. The maximum atomic E-state index is 12.0. The zero-order valence-electron chi connectivity index (χ0n) is 9.58. The fourth-order valence-electron chi connectivity index (χ4n) is 1.34. The van der Waals surface area contributed by atoms with E-state index in [1.807, 2.05) is 0 Å². The number of carbonyl (C=O) groups excluding carboxylic acids is 1. The number of hydrogen-bond acceptors (Lipinski definition) is 6. The molecule has 0 saturated carbocycles. The first-order valence-corrected chi connectivity index (χ1v) is 5.83. The summed E-state index contributed by atoms with van der Waals surface area (Å²) >= 11 is 11.2. The molecule has 102 valence electrons. The highest BCUT2D eigenvalue weighted by atomic mass is 35.5.